The van der Waals surface area contributed by atoms with Gasteiger partial charge in [0.15, 0.2) is 6.61 Å². The molecule has 1 heterocycles. The average Bonchev–Trinajstić information content (AvgIpc) is 2.85. The molecule has 0 aromatic carbocycles. The van der Waals surface area contributed by atoms with Gasteiger partial charge in [0.25, 0.3) is 5.91 Å². The number of ether oxygens (including phenoxy) is 1. The zero-order valence-corrected chi connectivity index (χ0v) is 12.8. The van der Waals surface area contributed by atoms with E-state index in [-0.39, 0.29) is 18.6 Å². The van der Waals surface area contributed by atoms with Crippen molar-refractivity contribution in [3.05, 3.63) is 21.9 Å². The van der Waals surface area contributed by atoms with E-state index in [9.17, 15) is 9.59 Å². The SMILES string of the molecule is Cc1ccsc1C(=O)OCC(=O)N[C@H]1CCCC[C@@H]1C. The summed E-state index contributed by atoms with van der Waals surface area (Å²) in [7, 11) is 0. The Bertz CT molecular complexity index is 483. The van der Waals surface area contributed by atoms with Crippen LogP contribution >= 0.6 is 11.3 Å². The highest BCUT2D eigenvalue weighted by molar-refractivity contribution is 7.12. The van der Waals surface area contributed by atoms with Gasteiger partial charge in [0.05, 0.1) is 0 Å². The Morgan fingerprint density at radius 2 is 2.15 bits per heavy atom. The highest BCUT2D eigenvalue weighted by Gasteiger charge is 2.23. The van der Waals surface area contributed by atoms with Crippen LogP contribution in [-0.4, -0.2) is 24.5 Å². The van der Waals surface area contributed by atoms with Crippen LogP contribution in [0.25, 0.3) is 0 Å². The van der Waals surface area contributed by atoms with Crippen LogP contribution < -0.4 is 5.32 Å². The predicted octanol–water partition coefficient (Wildman–Crippen LogP) is 2.91. The van der Waals surface area contributed by atoms with Gasteiger partial charge in [0.2, 0.25) is 0 Å². The summed E-state index contributed by atoms with van der Waals surface area (Å²) in [4.78, 5) is 24.2. The molecule has 2 atom stereocenters. The summed E-state index contributed by atoms with van der Waals surface area (Å²) in [6.07, 6.45) is 4.56. The van der Waals surface area contributed by atoms with Crippen molar-refractivity contribution >= 4 is 23.2 Å². The summed E-state index contributed by atoms with van der Waals surface area (Å²) in [6, 6.07) is 2.09. The maximum atomic E-state index is 11.8. The number of rotatable bonds is 4. The molecule has 5 heteroatoms. The summed E-state index contributed by atoms with van der Waals surface area (Å²) in [5.74, 6) is -0.112. The van der Waals surface area contributed by atoms with Crippen LogP contribution in [-0.2, 0) is 9.53 Å². The molecule has 1 aliphatic carbocycles. The molecule has 4 nitrogen and oxygen atoms in total. The van der Waals surface area contributed by atoms with Crippen molar-refractivity contribution in [1.29, 1.82) is 0 Å². The lowest BCUT2D eigenvalue weighted by Gasteiger charge is -2.29. The number of hydrogen-bond donors (Lipinski definition) is 1. The van der Waals surface area contributed by atoms with Crippen molar-refractivity contribution in [3.63, 3.8) is 0 Å². The largest absolute Gasteiger partial charge is 0.451 e. The van der Waals surface area contributed by atoms with E-state index in [1.807, 2.05) is 18.4 Å². The third-order valence-corrected chi connectivity index (χ3v) is 4.84. The lowest BCUT2D eigenvalue weighted by Crippen LogP contribution is -2.42. The summed E-state index contributed by atoms with van der Waals surface area (Å²) in [5.41, 5.74) is 0.890. The molecule has 1 saturated carbocycles. The summed E-state index contributed by atoms with van der Waals surface area (Å²) >= 11 is 1.34. The summed E-state index contributed by atoms with van der Waals surface area (Å²) in [5, 5.41) is 4.81. The molecule has 0 aliphatic heterocycles. The fourth-order valence-electron chi connectivity index (χ4n) is 2.56. The van der Waals surface area contributed by atoms with Gasteiger partial charge in [-0.1, -0.05) is 19.8 Å². The first-order chi connectivity index (χ1) is 9.58. The Hall–Kier alpha value is -1.36. The van der Waals surface area contributed by atoms with Gasteiger partial charge >= 0.3 is 5.97 Å². The number of amides is 1. The number of esters is 1. The van der Waals surface area contributed by atoms with Gasteiger partial charge in [-0.15, -0.1) is 11.3 Å². The summed E-state index contributed by atoms with van der Waals surface area (Å²) in [6.45, 7) is 3.82. The van der Waals surface area contributed by atoms with Gasteiger partial charge < -0.3 is 10.1 Å². The molecule has 2 rings (SSSR count). The highest BCUT2D eigenvalue weighted by Crippen LogP contribution is 2.23. The Morgan fingerprint density at radius 1 is 1.40 bits per heavy atom. The van der Waals surface area contributed by atoms with Crippen molar-refractivity contribution < 1.29 is 14.3 Å². The monoisotopic (exact) mass is 295 g/mol. The zero-order valence-electron chi connectivity index (χ0n) is 12.0. The molecule has 1 amide bonds. The molecule has 1 fully saturated rings. The van der Waals surface area contributed by atoms with Crippen LogP contribution in [0.1, 0.15) is 47.8 Å². The Kier molecular flexibility index (Phi) is 5.17. The predicted molar refractivity (Wildman–Crippen MR) is 78.9 cm³/mol. The van der Waals surface area contributed by atoms with E-state index in [1.54, 1.807) is 0 Å². The zero-order chi connectivity index (χ0) is 14.5. The first kappa shape index (κ1) is 15.0. The molecule has 1 aliphatic rings. The van der Waals surface area contributed by atoms with E-state index in [0.29, 0.717) is 10.8 Å². The van der Waals surface area contributed by atoms with Gasteiger partial charge in [-0.25, -0.2) is 4.79 Å². The second-order valence-electron chi connectivity index (χ2n) is 5.44. The number of nitrogens with one attached hydrogen (secondary N) is 1. The first-order valence-electron chi connectivity index (χ1n) is 7.08. The lowest BCUT2D eigenvalue weighted by atomic mass is 9.86. The molecule has 0 unspecified atom stereocenters. The number of carbonyl (C=O) groups is 2. The number of thiophene rings is 1. The molecular formula is C15H21NO3S. The standard InChI is InChI=1S/C15H21NO3S/c1-10-5-3-4-6-12(10)16-13(17)9-19-15(18)14-11(2)7-8-20-14/h7-8,10,12H,3-6,9H2,1-2H3,(H,16,17)/t10-,12-/m0/s1. The quantitative estimate of drug-likeness (QED) is 0.869. The van der Waals surface area contributed by atoms with Crippen LogP contribution in [0.15, 0.2) is 11.4 Å². The lowest BCUT2D eigenvalue weighted by molar-refractivity contribution is -0.125. The molecule has 1 aromatic heterocycles. The first-order valence-corrected chi connectivity index (χ1v) is 7.96. The number of hydrogen-bond acceptors (Lipinski definition) is 4. The fourth-order valence-corrected chi connectivity index (χ4v) is 3.37. The molecule has 0 bridgehead atoms. The minimum absolute atomic E-state index is 0.195. The van der Waals surface area contributed by atoms with Crippen LogP contribution in [0.2, 0.25) is 0 Å². The van der Waals surface area contributed by atoms with Crippen molar-refractivity contribution in [2.45, 2.75) is 45.6 Å². The van der Waals surface area contributed by atoms with Gasteiger partial charge in [0.1, 0.15) is 4.88 Å². The Balaban J connectivity index is 1.77. The number of carbonyl (C=O) groups excluding carboxylic acids is 2. The molecule has 110 valence electrons. The van der Waals surface area contributed by atoms with Crippen LogP contribution in [0.3, 0.4) is 0 Å². The normalized spacial score (nSPS) is 22.3. The topological polar surface area (TPSA) is 55.4 Å². The fraction of sp³-hybridized carbons (Fsp3) is 0.600. The molecule has 20 heavy (non-hydrogen) atoms. The van der Waals surface area contributed by atoms with Crippen molar-refractivity contribution in [1.82, 2.24) is 5.32 Å². The Morgan fingerprint density at radius 3 is 2.80 bits per heavy atom. The average molecular weight is 295 g/mol. The minimum Gasteiger partial charge on any atom is -0.451 e. The van der Waals surface area contributed by atoms with Gasteiger partial charge in [-0.3, -0.25) is 4.79 Å². The van der Waals surface area contributed by atoms with E-state index < -0.39 is 5.97 Å². The molecule has 1 N–H and O–H groups in total. The third kappa shape index (κ3) is 3.82. The van der Waals surface area contributed by atoms with Gasteiger partial charge in [0, 0.05) is 6.04 Å². The number of aryl methyl sites for hydroxylation is 1. The van der Waals surface area contributed by atoms with E-state index in [2.05, 4.69) is 12.2 Å². The van der Waals surface area contributed by atoms with Crippen molar-refractivity contribution in [2.24, 2.45) is 5.92 Å². The van der Waals surface area contributed by atoms with Crippen molar-refractivity contribution in [3.8, 4) is 0 Å². The maximum Gasteiger partial charge on any atom is 0.349 e. The molecule has 1 aromatic rings. The summed E-state index contributed by atoms with van der Waals surface area (Å²) < 4.78 is 5.07. The van der Waals surface area contributed by atoms with Crippen molar-refractivity contribution in [2.75, 3.05) is 6.61 Å². The molecular weight excluding hydrogens is 274 g/mol. The smallest absolute Gasteiger partial charge is 0.349 e. The second-order valence-corrected chi connectivity index (χ2v) is 6.36. The third-order valence-electron chi connectivity index (χ3n) is 3.84. The maximum absolute atomic E-state index is 11.8. The molecule has 0 radical (unpaired) electrons. The highest BCUT2D eigenvalue weighted by atomic mass is 32.1. The molecule has 0 saturated heterocycles. The Labute approximate surface area is 123 Å². The van der Waals surface area contributed by atoms with Gasteiger partial charge in [-0.05, 0) is 42.7 Å². The van der Waals surface area contributed by atoms with E-state index in [1.165, 1.54) is 17.8 Å². The molecule has 0 spiro atoms. The van der Waals surface area contributed by atoms with E-state index in [4.69, 9.17) is 4.74 Å². The minimum atomic E-state index is -0.413. The van der Waals surface area contributed by atoms with Crippen LogP contribution in [0, 0.1) is 12.8 Å². The second kappa shape index (κ2) is 6.88. The van der Waals surface area contributed by atoms with Crippen LogP contribution in [0.5, 0.6) is 0 Å². The van der Waals surface area contributed by atoms with E-state index in [0.717, 1.165) is 24.8 Å². The van der Waals surface area contributed by atoms with Crippen LogP contribution in [0.4, 0.5) is 0 Å². The van der Waals surface area contributed by atoms with E-state index >= 15 is 0 Å². The van der Waals surface area contributed by atoms with Gasteiger partial charge in [-0.2, -0.15) is 0 Å².